The number of nitrogens with zero attached hydrogens (tertiary/aromatic N) is 1. The summed E-state index contributed by atoms with van der Waals surface area (Å²) in [4.78, 5) is 28.5. The van der Waals surface area contributed by atoms with Gasteiger partial charge in [-0.05, 0) is 44.0 Å². The molecule has 36 heavy (non-hydrogen) atoms. The van der Waals surface area contributed by atoms with Crippen molar-refractivity contribution in [1.82, 2.24) is 10.2 Å². The lowest BCUT2D eigenvalue weighted by Crippen LogP contribution is -2.51. The fourth-order valence-electron chi connectivity index (χ4n) is 4.19. The van der Waals surface area contributed by atoms with Gasteiger partial charge in [-0.1, -0.05) is 88.9 Å². The highest BCUT2D eigenvalue weighted by Gasteiger charge is 2.31. The van der Waals surface area contributed by atoms with Crippen LogP contribution in [0.5, 0.6) is 0 Å². The second-order valence-electron chi connectivity index (χ2n) is 8.81. The Kier molecular flexibility index (Phi) is 10.7. The smallest absolute Gasteiger partial charge is 0.243 e. The topological polar surface area (TPSA) is 49.4 Å². The minimum atomic E-state index is -0.700. The first kappa shape index (κ1) is 28.1. The van der Waals surface area contributed by atoms with Crippen molar-refractivity contribution in [2.45, 2.75) is 45.5 Å². The van der Waals surface area contributed by atoms with Gasteiger partial charge in [0.2, 0.25) is 11.8 Å². The molecule has 0 radical (unpaired) electrons. The molecule has 4 nitrogen and oxygen atoms in total. The van der Waals surface area contributed by atoms with Crippen molar-refractivity contribution < 1.29 is 9.59 Å². The largest absolute Gasteiger partial charge is 0.355 e. The predicted octanol–water partition coefficient (Wildman–Crippen LogP) is 6.62. The van der Waals surface area contributed by atoms with Gasteiger partial charge in [0.25, 0.3) is 0 Å². The normalized spacial score (nSPS) is 11.7. The maximum absolute atomic E-state index is 13.7. The molecular formula is C29H32Cl2N2O2S. The number of carbonyl (C=O) groups is 2. The Morgan fingerprint density at radius 2 is 1.56 bits per heavy atom. The van der Waals surface area contributed by atoms with Crippen LogP contribution in [0.1, 0.15) is 34.7 Å². The summed E-state index contributed by atoms with van der Waals surface area (Å²) >= 11 is 14.5. The molecule has 0 bridgehead atoms. The fraction of sp³-hybridized carbons (Fsp3) is 0.310. The average molecular weight is 544 g/mol. The summed E-state index contributed by atoms with van der Waals surface area (Å²) in [6.07, 6.45) is 0.391. The van der Waals surface area contributed by atoms with Crippen LogP contribution in [0.2, 0.25) is 10.0 Å². The number of benzene rings is 3. The molecule has 3 rings (SSSR count). The van der Waals surface area contributed by atoms with Gasteiger partial charge < -0.3 is 10.2 Å². The maximum Gasteiger partial charge on any atom is 0.243 e. The maximum atomic E-state index is 13.7. The zero-order valence-electron chi connectivity index (χ0n) is 20.9. The summed E-state index contributed by atoms with van der Waals surface area (Å²) in [6, 6.07) is 20.7. The van der Waals surface area contributed by atoms with Gasteiger partial charge in [0.15, 0.2) is 0 Å². The Labute approximate surface area is 228 Å². The second kappa shape index (κ2) is 13.7. The van der Waals surface area contributed by atoms with Crippen LogP contribution in [0.25, 0.3) is 0 Å². The van der Waals surface area contributed by atoms with Gasteiger partial charge in [0, 0.05) is 40.9 Å². The molecule has 0 saturated heterocycles. The molecule has 0 aliphatic carbocycles. The summed E-state index contributed by atoms with van der Waals surface area (Å²) in [5.41, 5.74) is 5.18. The number of carbonyl (C=O) groups excluding carboxylic acids is 2. The van der Waals surface area contributed by atoms with E-state index in [1.54, 1.807) is 23.1 Å². The first-order valence-electron chi connectivity index (χ1n) is 12.0. The fourth-order valence-corrected chi connectivity index (χ4v) is 5.55. The Morgan fingerprint density at radius 1 is 0.917 bits per heavy atom. The first-order valence-corrected chi connectivity index (χ1v) is 13.9. The average Bonchev–Trinajstić information content (AvgIpc) is 2.83. The third-order valence-electron chi connectivity index (χ3n) is 5.79. The minimum Gasteiger partial charge on any atom is -0.355 e. The molecule has 1 N–H and O–H groups in total. The van der Waals surface area contributed by atoms with E-state index in [1.807, 2.05) is 37.3 Å². The third kappa shape index (κ3) is 8.02. The standard InChI is InChI=1S/C29H32Cl2N2O2S/c1-4-32-29(35)27(16-22-9-6-5-7-10-22)33(17-24-25(30)11-8-12-26(24)31)28(34)19-36-18-23-14-20(2)13-21(3)15-23/h5-15,27H,4,16-19H2,1-3H3,(H,32,35)/t27-/m0/s1. The minimum absolute atomic E-state index is 0.132. The van der Waals surface area contributed by atoms with Gasteiger partial charge in [-0.3, -0.25) is 9.59 Å². The Hall–Kier alpha value is -2.47. The molecule has 0 aliphatic rings. The summed E-state index contributed by atoms with van der Waals surface area (Å²) in [5, 5.41) is 3.84. The molecule has 0 aromatic heterocycles. The van der Waals surface area contributed by atoms with Crippen molar-refractivity contribution >= 4 is 46.8 Å². The van der Waals surface area contributed by atoms with Gasteiger partial charge >= 0.3 is 0 Å². The van der Waals surface area contributed by atoms with Crippen molar-refractivity contribution in [2.75, 3.05) is 12.3 Å². The zero-order chi connectivity index (χ0) is 26.1. The molecule has 0 spiro atoms. The molecule has 3 aromatic carbocycles. The summed E-state index contributed by atoms with van der Waals surface area (Å²) < 4.78 is 0. The van der Waals surface area contributed by atoms with Crippen LogP contribution in [0.4, 0.5) is 0 Å². The van der Waals surface area contributed by atoms with Crippen LogP contribution in [0.3, 0.4) is 0 Å². The zero-order valence-corrected chi connectivity index (χ0v) is 23.2. The number of halogens is 2. The van der Waals surface area contributed by atoms with Gasteiger partial charge in [0.05, 0.1) is 5.75 Å². The number of nitrogens with one attached hydrogen (secondary N) is 1. The highest BCUT2D eigenvalue weighted by molar-refractivity contribution is 7.99. The number of rotatable bonds is 11. The van der Waals surface area contributed by atoms with E-state index in [9.17, 15) is 9.59 Å². The molecule has 0 aliphatic heterocycles. The predicted molar refractivity (Wildman–Crippen MR) is 152 cm³/mol. The summed E-state index contributed by atoms with van der Waals surface area (Å²) in [7, 11) is 0. The van der Waals surface area contributed by atoms with Crippen LogP contribution in [-0.2, 0) is 28.3 Å². The molecular weight excluding hydrogens is 511 g/mol. The van der Waals surface area contributed by atoms with Gasteiger partial charge in [-0.25, -0.2) is 0 Å². The first-order chi connectivity index (χ1) is 17.3. The SMILES string of the molecule is CCNC(=O)[C@H](Cc1ccccc1)N(Cc1c(Cl)cccc1Cl)C(=O)CSCc1cc(C)cc(C)c1. The number of likely N-dealkylation sites (N-methyl/N-ethyl adjacent to an activating group) is 1. The number of amides is 2. The van der Waals surface area contributed by atoms with E-state index in [2.05, 4.69) is 37.4 Å². The number of thioether (sulfide) groups is 1. The molecule has 0 saturated carbocycles. The Bertz CT molecular complexity index is 1150. The van der Waals surface area contributed by atoms with Crippen molar-refractivity contribution in [2.24, 2.45) is 0 Å². The van der Waals surface area contributed by atoms with E-state index in [4.69, 9.17) is 23.2 Å². The summed E-state index contributed by atoms with van der Waals surface area (Å²) in [6.45, 7) is 6.63. The third-order valence-corrected chi connectivity index (χ3v) is 7.48. The molecule has 0 fully saturated rings. The van der Waals surface area contributed by atoms with Crippen LogP contribution in [0.15, 0.2) is 66.7 Å². The molecule has 190 valence electrons. The highest BCUT2D eigenvalue weighted by Crippen LogP contribution is 2.28. The van der Waals surface area contributed by atoms with Crippen LogP contribution in [-0.4, -0.2) is 35.1 Å². The monoisotopic (exact) mass is 542 g/mol. The molecule has 0 heterocycles. The lowest BCUT2D eigenvalue weighted by Gasteiger charge is -2.32. The van der Waals surface area contributed by atoms with E-state index in [0.717, 1.165) is 5.56 Å². The molecule has 3 aromatic rings. The van der Waals surface area contributed by atoms with Crippen LogP contribution in [0, 0.1) is 13.8 Å². The Balaban J connectivity index is 1.88. The second-order valence-corrected chi connectivity index (χ2v) is 10.6. The number of aryl methyl sites for hydroxylation is 2. The quantitative estimate of drug-likeness (QED) is 0.296. The van der Waals surface area contributed by atoms with Gasteiger partial charge in [-0.15, -0.1) is 11.8 Å². The molecule has 0 unspecified atom stereocenters. The van der Waals surface area contributed by atoms with Crippen LogP contribution < -0.4 is 5.32 Å². The lowest BCUT2D eigenvalue weighted by molar-refractivity contribution is -0.139. The van der Waals surface area contributed by atoms with Gasteiger partial charge in [0.1, 0.15) is 6.04 Å². The van der Waals surface area contributed by atoms with Crippen molar-refractivity contribution in [3.8, 4) is 0 Å². The molecule has 7 heteroatoms. The van der Waals surface area contributed by atoms with Crippen LogP contribution >= 0.6 is 35.0 Å². The van der Waals surface area contributed by atoms with Crippen molar-refractivity contribution in [3.63, 3.8) is 0 Å². The number of hydrogen-bond acceptors (Lipinski definition) is 3. The van der Waals surface area contributed by atoms with E-state index in [1.165, 1.54) is 28.5 Å². The summed E-state index contributed by atoms with van der Waals surface area (Å²) in [5.74, 6) is 0.615. The van der Waals surface area contributed by atoms with Gasteiger partial charge in [-0.2, -0.15) is 0 Å². The van der Waals surface area contributed by atoms with Crippen molar-refractivity contribution in [1.29, 1.82) is 0 Å². The molecule has 1 atom stereocenters. The van der Waals surface area contributed by atoms with E-state index in [0.29, 0.717) is 34.3 Å². The highest BCUT2D eigenvalue weighted by atomic mass is 35.5. The van der Waals surface area contributed by atoms with Crippen molar-refractivity contribution in [3.05, 3.63) is 105 Å². The number of hydrogen-bond donors (Lipinski definition) is 1. The lowest BCUT2D eigenvalue weighted by atomic mass is 10.0. The Morgan fingerprint density at radius 3 is 2.17 bits per heavy atom. The molecule has 2 amide bonds. The van der Waals surface area contributed by atoms with E-state index in [-0.39, 0.29) is 24.1 Å². The van der Waals surface area contributed by atoms with E-state index >= 15 is 0 Å². The van der Waals surface area contributed by atoms with E-state index < -0.39 is 6.04 Å².